The van der Waals surface area contributed by atoms with E-state index in [2.05, 4.69) is 173 Å². The zero-order valence-corrected chi connectivity index (χ0v) is 34.7. The largest absolute Gasteiger partial charge is 0.309 e. The molecule has 1 atom stereocenters. The molecule has 0 N–H and O–H groups in total. The molecular weight excluding hydrogens is 729 g/mol. The molecule has 1 aliphatic carbocycles. The van der Waals surface area contributed by atoms with Crippen LogP contribution < -0.4 is 0 Å². The van der Waals surface area contributed by atoms with Crippen LogP contribution in [0.25, 0.3) is 83.7 Å². The fraction of sp³-hybridized carbons (Fsp3) is 0.125. The number of nitrogens with zero attached hydrogens (tertiary/aromatic N) is 4. The molecule has 0 fully saturated rings. The van der Waals surface area contributed by atoms with Gasteiger partial charge in [0, 0.05) is 27.6 Å². The van der Waals surface area contributed by atoms with Crippen LogP contribution >= 0.6 is 0 Å². The van der Waals surface area contributed by atoms with Crippen molar-refractivity contribution in [2.75, 3.05) is 0 Å². The van der Waals surface area contributed by atoms with Crippen LogP contribution in [0.3, 0.4) is 0 Å². The molecule has 0 bridgehead atoms. The van der Waals surface area contributed by atoms with Crippen LogP contribution in [0, 0.1) is 33.6 Å². The SMILES string of the molecule is Cc1c(C)c(-c2ccc(-c3cccc4c3c3ccccc3n4-c3ccccc3)cc2)c(C)c(C)c1C1=CC=C(c2nc(-c3ccccc3)nc(-c3ccccc3)n2)CC1C. The third-order valence-electron chi connectivity index (χ3n) is 12.6. The third kappa shape index (κ3) is 6.36. The van der Waals surface area contributed by atoms with Gasteiger partial charge in [-0.15, -0.1) is 0 Å². The lowest BCUT2D eigenvalue weighted by atomic mass is 9.77. The van der Waals surface area contributed by atoms with Crippen molar-refractivity contribution in [1.82, 2.24) is 19.5 Å². The van der Waals surface area contributed by atoms with Gasteiger partial charge in [-0.25, -0.2) is 15.0 Å². The van der Waals surface area contributed by atoms with Gasteiger partial charge in [0.15, 0.2) is 17.5 Å². The fourth-order valence-electron chi connectivity index (χ4n) is 9.42. The summed E-state index contributed by atoms with van der Waals surface area (Å²) in [6.45, 7) is 11.5. The minimum atomic E-state index is 0.277. The summed E-state index contributed by atoms with van der Waals surface area (Å²) in [6, 6.07) is 55.8. The van der Waals surface area contributed by atoms with E-state index in [4.69, 9.17) is 15.0 Å². The van der Waals surface area contributed by atoms with Crippen LogP contribution in [-0.2, 0) is 0 Å². The molecule has 10 rings (SSSR count). The molecule has 0 saturated heterocycles. The van der Waals surface area contributed by atoms with Gasteiger partial charge in [-0.3, -0.25) is 0 Å². The van der Waals surface area contributed by atoms with Gasteiger partial charge in [0.2, 0.25) is 0 Å². The zero-order chi connectivity index (χ0) is 40.9. The maximum atomic E-state index is 5.04. The number of rotatable bonds is 7. The van der Waals surface area contributed by atoms with Gasteiger partial charge in [0.05, 0.1) is 11.0 Å². The van der Waals surface area contributed by atoms with E-state index in [9.17, 15) is 0 Å². The van der Waals surface area contributed by atoms with Gasteiger partial charge in [0.25, 0.3) is 0 Å². The van der Waals surface area contributed by atoms with Crippen molar-refractivity contribution in [3.8, 4) is 50.7 Å². The molecule has 4 heteroatoms. The molecule has 2 aromatic heterocycles. The van der Waals surface area contributed by atoms with E-state index in [1.165, 1.54) is 83.1 Å². The summed E-state index contributed by atoms with van der Waals surface area (Å²) in [5, 5.41) is 2.55. The Morgan fingerprint density at radius 3 is 1.58 bits per heavy atom. The predicted octanol–water partition coefficient (Wildman–Crippen LogP) is 14.4. The van der Waals surface area contributed by atoms with E-state index in [1.807, 2.05) is 36.4 Å². The lowest BCUT2D eigenvalue weighted by Crippen LogP contribution is -2.11. The highest BCUT2D eigenvalue weighted by molar-refractivity contribution is 6.15. The number of aromatic nitrogens is 4. The van der Waals surface area contributed by atoms with Crippen LogP contribution in [0.1, 0.15) is 47.0 Å². The first kappa shape index (κ1) is 37.1. The Balaban J connectivity index is 1.01. The summed E-state index contributed by atoms with van der Waals surface area (Å²) in [4.78, 5) is 15.0. The quantitative estimate of drug-likeness (QED) is 0.162. The maximum absolute atomic E-state index is 5.04. The highest BCUT2D eigenvalue weighted by Gasteiger charge is 2.26. The standard InChI is InChI=1S/C56H46N4/c1-35-34-44(56-58-54(42-18-9-6-10-19-42)57-55(59-56)43-20-11-7-12-21-43)32-33-46(35)52-38(4)36(2)51(37(3)39(52)5)41-30-28-40(29-31-41)47-25-17-27-50-53(47)48-24-15-16-26-49(48)60(50)45-22-13-8-14-23-45/h6-33,35H,34H2,1-5H3. The summed E-state index contributed by atoms with van der Waals surface area (Å²) in [5.41, 5.74) is 19.8. The van der Waals surface area contributed by atoms with Gasteiger partial charge in [0.1, 0.15) is 0 Å². The molecule has 9 aromatic rings. The Labute approximate surface area is 352 Å². The van der Waals surface area contributed by atoms with Crippen molar-refractivity contribution in [3.05, 3.63) is 204 Å². The maximum Gasteiger partial charge on any atom is 0.164 e. The summed E-state index contributed by atoms with van der Waals surface area (Å²) >= 11 is 0. The molecule has 0 saturated carbocycles. The van der Waals surface area contributed by atoms with Crippen molar-refractivity contribution >= 4 is 33.0 Å². The second-order valence-electron chi connectivity index (χ2n) is 16.2. The van der Waals surface area contributed by atoms with E-state index >= 15 is 0 Å². The molecule has 2 heterocycles. The summed E-state index contributed by atoms with van der Waals surface area (Å²) in [7, 11) is 0. The van der Waals surface area contributed by atoms with E-state index in [0.717, 1.165) is 28.9 Å². The monoisotopic (exact) mass is 774 g/mol. The van der Waals surface area contributed by atoms with Crippen LogP contribution in [0.15, 0.2) is 170 Å². The molecule has 0 aliphatic heterocycles. The third-order valence-corrected chi connectivity index (χ3v) is 12.6. The first-order chi connectivity index (χ1) is 29.4. The van der Waals surface area contributed by atoms with E-state index in [1.54, 1.807) is 0 Å². The van der Waals surface area contributed by atoms with Crippen molar-refractivity contribution in [2.45, 2.75) is 41.0 Å². The van der Waals surface area contributed by atoms with Gasteiger partial charge in [-0.05, 0) is 126 Å². The first-order valence-electron chi connectivity index (χ1n) is 20.9. The van der Waals surface area contributed by atoms with Gasteiger partial charge in [-0.2, -0.15) is 0 Å². The van der Waals surface area contributed by atoms with E-state index < -0.39 is 0 Å². The van der Waals surface area contributed by atoms with E-state index in [-0.39, 0.29) is 5.92 Å². The van der Waals surface area contributed by atoms with Crippen molar-refractivity contribution in [3.63, 3.8) is 0 Å². The number of para-hydroxylation sites is 2. The molecule has 0 spiro atoms. The molecule has 0 amide bonds. The smallest absolute Gasteiger partial charge is 0.164 e. The average molecular weight is 775 g/mol. The topological polar surface area (TPSA) is 43.6 Å². The number of hydrogen-bond donors (Lipinski definition) is 0. The Bertz CT molecular complexity index is 3050. The lowest BCUT2D eigenvalue weighted by molar-refractivity contribution is 0.761. The van der Waals surface area contributed by atoms with E-state index in [0.29, 0.717) is 11.6 Å². The van der Waals surface area contributed by atoms with Gasteiger partial charge < -0.3 is 4.57 Å². The minimum absolute atomic E-state index is 0.277. The second-order valence-corrected chi connectivity index (χ2v) is 16.2. The average Bonchev–Trinajstić information content (AvgIpc) is 3.64. The van der Waals surface area contributed by atoms with Crippen LogP contribution in [-0.4, -0.2) is 19.5 Å². The molecule has 1 unspecified atom stereocenters. The Hall–Kier alpha value is -7.17. The minimum Gasteiger partial charge on any atom is -0.309 e. The molecule has 7 aromatic carbocycles. The normalized spacial score (nSPS) is 14.1. The van der Waals surface area contributed by atoms with Crippen molar-refractivity contribution in [2.24, 2.45) is 5.92 Å². The number of hydrogen-bond acceptors (Lipinski definition) is 3. The fourth-order valence-corrected chi connectivity index (χ4v) is 9.42. The summed E-state index contributed by atoms with van der Waals surface area (Å²) < 4.78 is 2.39. The summed E-state index contributed by atoms with van der Waals surface area (Å²) in [5.74, 6) is 2.40. The Morgan fingerprint density at radius 1 is 0.450 bits per heavy atom. The van der Waals surface area contributed by atoms with Crippen LogP contribution in [0.2, 0.25) is 0 Å². The number of benzene rings is 7. The Kier molecular flexibility index (Phi) is 9.41. The molecule has 0 radical (unpaired) electrons. The predicted molar refractivity (Wildman–Crippen MR) is 251 cm³/mol. The Morgan fingerprint density at radius 2 is 0.967 bits per heavy atom. The van der Waals surface area contributed by atoms with Crippen molar-refractivity contribution < 1.29 is 0 Å². The lowest BCUT2D eigenvalue weighted by Gasteiger charge is -2.28. The zero-order valence-electron chi connectivity index (χ0n) is 34.7. The van der Waals surface area contributed by atoms with Crippen LogP contribution in [0.4, 0.5) is 0 Å². The molecule has 1 aliphatic rings. The number of allylic oxidation sites excluding steroid dienone is 4. The second kappa shape index (κ2) is 15.2. The van der Waals surface area contributed by atoms with Crippen LogP contribution in [0.5, 0.6) is 0 Å². The highest BCUT2D eigenvalue weighted by Crippen LogP contribution is 2.44. The first-order valence-corrected chi connectivity index (χ1v) is 20.9. The van der Waals surface area contributed by atoms with Gasteiger partial charge >= 0.3 is 0 Å². The highest BCUT2D eigenvalue weighted by atomic mass is 15.0. The molecule has 290 valence electrons. The number of fused-ring (bicyclic) bond motifs is 3. The van der Waals surface area contributed by atoms with Gasteiger partial charge in [-0.1, -0.05) is 153 Å². The molecule has 60 heavy (non-hydrogen) atoms. The van der Waals surface area contributed by atoms with Crippen molar-refractivity contribution in [1.29, 1.82) is 0 Å². The molecule has 4 nitrogen and oxygen atoms in total. The molecular formula is C56H46N4. The summed E-state index contributed by atoms with van der Waals surface area (Å²) in [6.07, 6.45) is 5.40.